The van der Waals surface area contributed by atoms with Crippen molar-refractivity contribution in [3.8, 4) is 22.8 Å². The molecule has 12 nitrogen and oxygen atoms in total. The average Bonchev–Trinajstić information content (AvgIpc) is 3.51. The lowest BCUT2D eigenvalue weighted by molar-refractivity contribution is -0.274. The Morgan fingerprint density at radius 1 is 0.980 bits per heavy atom. The van der Waals surface area contributed by atoms with Crippen LogP contribution in [0.5, 0.6) is 5.75 Å². The number of halogens is 3. The highest BCUT2D eigenvalue weighted by Gasteiger charge is 2.31. The van der Waals surface area contributed by atoms with Crippen molar-refractivity contribution < 1.29 is 37.0 Å². The summed E-state index contributed by atoms with van der Waals surface area (Å²) in [6.07, 6.45) is -2.46. The Labute approximate surface area is 284 Å². The highest BCUT2D eigenvalue weighted by molar-refractivity contribution is 8.13. The molecule has 3 aromatic carbocycles. The first kappa shape index (κ1) is 36.5. The highest BCUT2D eigenvalue weighted by Crippen LogP contribution is 2.25. The second-order valence-electron chi connectivity index (χ2n) is 11.3. The fourth-order valence-electron chi connectivity index (χ4n) is 4.03. The summed E-state index contributed by atoms with van der Waals surface area (Å²) in [7, 11) is 0. The maximum Gasteiger partial charge on any atom is 0.573 e. The van der Waals surface area contributed by atoms with Crippen LogP contribution in [0, 0.1) is 13.8 Å². The number of thioether (sulfide) groups is 1. The fourth-order valence-corrected chi connectivity index (χ4v) is 4.61. The van der Waals surface area contributed by atoms with Crippen molar-refractivity contribution in [2.24, 2.45) is 10.1 Å². The standard InChI is InChI=1S/C33H34F3N7O5S/c1-21-7-6-8-22(2)28(21)40-30(49-20-46-27(44)18-37-31(45)48-32(3,4)5)41-39-17-23-9-11-24(12-10-23)29-38-19-43(42-29)25-13-15-26(16-14-25)47-33(34,35)36/h6-17,19H,18,20H2,1-5H3,(H,37,45)(H,40,41)/b39-17-. The molecule has 0 spiro atoms. The van der Waals surface area contributed by atoms with Gasteiger partial charge in [-0.3, -0.25) is 10.2 Å². The zero-order valence-electron chi connectivity index (χ0n) is 27.2. The SMILES string of the molecule is Cc1cccc(C)c1N=C(N/N=C\c1ccc(-c2ncn(-c3ccc(OC(F)(F)F)cc3)n2)cc1)SCOC(=O)CNC(=O)OC(C)(C)C. The molecule has 0 aliphatic heterocycles. The van der Waals surface area contributed by atoms with E-state index < -0.39 is 24.0 Å². The summed E-state index contributed by atoms with van der Waals surface area (Å²) in [5, 5.41) is 11.4. The van der Waals surface area contributed by atoms with Crippen molar-refractivity contribution in [2.45, 2.75) is 46.6 Å². The molecule has 0 fully saturated rings. The topological polar surface area (TPSA) is 141 Å². The first-order valence-corrected chi connectivity index (χ1v) is 15.7. The maximum atomic E-state index is 12.4. The number of aryl methyl sites for hydroxylation is 2. The van der Waals surface area contributed by atoms with E-state index in [1.807, 2.05) is 32.0 Å². The molecule has 1 aromatic heterocycles. The molecule has 0 unspecified atom stereocenters. The number of para-hydroxylation sites is 1. The Morgan fingerprint density at radius 2 is 1.65 bits per heavy atom. The highest BCUT2D eigenvalue weighted by atomic mass is 32.2. The second-order valence-corrected chi connectivity index (χ2v) is 12.2. The van der Waals surface area contributed by atoms with Gasteiger partial charge in [-0.1, -0.05) is 42.5 Å². The largest absolute Gasteiger partial charge is 0.573 e. The minimum atomic E-state index is -4.77. The van der Waals surface area contributed by atoms with E-state index in [1.165, 1.54) is 35.3 Å². The van der Waals surface area contributed by atoms with Crippen LogP contribution in [-0.4, -0.2) is 62.7 Å². The molecule has 0 saturated carbocycles. The summed E-state index contributed by atoms with van der Waals surface area (Å²) in [6.45, 7) is 8.66. The molecule has 0 radical (unpaired) electrons. The molecule has 0 aliphatic carbocycles. The number of alkyl carbamates (subject to hydrolysis) is 1. The number of carbonyl (C=O) groups is 2. The Balaban J connectivity index is 1.37. The summed E-state index contributed by atoms with van der Waals surface area (Å²) in [4.78, 5) is 33.0. The summed E-state index contributed by atoms with van der Waals surface area (Å²) in [6, 6.07) is 18.3. The number of aliphatic imine (C=N–C) groups is 1. The van der Waals surface area contributed by atoms with Gasteiger partial charge in [-0.15, -0.1) is 18.3 Å². The van der Waals surface area contributed by atoms with E-state index in [1.54, 1.807) is 51.3 Å². The predicted octanol–water partition coefficient (Wildman–Crippen LogP) is 6.82. The van der Waals surface area contributed by atoms with Crippen LogP contribution in [0.1, 0.15) is 37.5 Å². The molecule has 16 heteroatoms. The van der Waals surface area contributed by atoms with Crippen LogP contribution in [0.3, 0.4) is 0 Å². The molecule has 258 valence electrons. The fraction of sp³-hybridized carbons (Fsp3) is 0.273. The van der Waals surface area contributed by atoms with Crippen molar-refractivity contribution in [3.63, 3.8) is 0 Å². The van der Waals surface area contributed by atoms with Crippen LogP contribution in [0.4, 0.5) is 23.7 Å². The quantitative estimate of drug-likeness (QED) is 0.0601. The van der Waals surface area contributed by atoms with Gasteiger partial charge in [0.15, 0.2) is 11.0 Å². The van der Waals surface area contributed by atoms with Crippen LogP contribution in [0.15, 0.2) is 83.2 Å². The van der Waals surface area contributed by atoms with Crippen LogP contribution >= 0.6 is 11.8 Å². The van der Waals surface area contributed by atoms with E-state index in [-0.39, 0.29) is 18.2 Å². The third-order valence-corrected chi connectivity index (χ3v) is 6.91. The maximum absolute atomic E-state index is 12.4. The van der Waals surface area contributed by atoms with Gasteiger partial charge in [-0.25, -0.2) is 19.5 Å². The third kappa shape index (κ3) is 12.0. The number of benzene rings is 3. The molecule has 1 amide bonds. The molecule has 49 heavy (non-hydrogen) atoms. The number of alkyl halides is 3. The van der Waals surface area contributed by atoms with Gasteiger partial charge in [0.25, 0.3) is 0 Å². The van der Waals surface area contributed by atoms with Crippen molar-refractivity contribution in [1.82, 2.24) is 25.5 Å². The van der Waals surface area contributed by atoms with E-state index in [0.29, 0.717) is 22.2 Å². The molecule has 4 aromatic rings. The third-order valence-electron chi connectivity index (χ3n) is 6.21. The first-order valence-electron chi connectivity index (χ1n) is 14.7. The van der Waals surface area contributed by atoms with E-state index in [0.717, 1.165) is 34.1 Å². The second kappa shape index (κ2) is 16.1. The number of aromatic nitrogens is 3. The van der Waals surface area contributed by atoms with E-state index in [4.69, 9.17) is 14.5 Å². The van der Waals surface area contributed by atoms with Gasteiger partial charge in [0.05, 0.1) is 17.6 Å². The monoisotopic (exact) mass is 697 g/mol. The zero-order valence-corrected chi connectivity index (χ0v) is 28.1. The number of carbonyl (C=O) groups excluding carboxylic acids is 2. The van der Waals surface area contributed by atoms with Crippen molar-refractivity contribution in [3.05, 3.63) is 89.7 Å². The molecule has 1 heterocycles. The smallest absolute Gasteiger partial charge is 0.453 e. The first-order chi connectivity index (χ1) is 23.1. The summed E-state index contributed by atoms with van der Waals surface area (Å²) in [5.74, 6) is -0.673. The Bertz CT molecular complexity index is 1780. The van der Waals surface area contributed by atoms with Crippen LogP contribution in [0.25, 0.3) is 17.1 Å². The summed E-state index contributed by atoms with van der Waals surface area (Å²) < 4.78 is 53.0. The van der Waals surface area contributed by atoms with Gasteiger partial charge in [0.2, 0.25) is 0 Å². The summed E-state index contributed by atoms with van der Waals surface area (Å²) in [5.41, 5.74) is 6.80. The Morgan fingerprint density at radius 3 is 2.29 bits per heavy atom. The minimum Gasteiger partial charge on any atom is -0.453 e. The van der Waals surface area contributed by atoms with Gasteiger partial charge in [0.1, 0.15) is 30.2 Å². The Hall–Kier alpha value is -5.38. The van der Waals surface area contributed by atoms with Crippen molar-refractivity contribution >= 4 is 40.9 Å². The number of ether oxygens (including phenoxy) is 3. The number of nitrogens with zero attached hydrogens (tertiary/aromatic N) is 5. The number of nitrogens with one attached hydrogen (secondary N) is 2. The van der Waals surface area contributed by atoms with Gasteiger partial charge >= 0.3 is 18.4 Å². The zero-order chi connectivity index (χ0) is 35.6. The molecular formula is C33H34F3N7O5S. The number of hydrazone groups is 1. The van der Waals surface area contributed by atoms with Gasteiger partial charge in [-0.2, -0.15) is 5.10 Å². The van der Waals surface area contributed by atoms with E-state index in [2.05, 4.69) is 30.7 Å². The molecule has 0 saturated heterocycles. The lowest BCUT2D eigenvalue weighted by atomic mass is 10.1. The molecule has 0 aliphatic rings. The molecule has 0 atom stereocenters. The van der Waals surface area contributed by atoms with Gasteiger partial charge in [-0.05, 0) is 87.3 Å². The Kier molecular flexibility index (Phi) is 12.0. The molecule has 4 rings (SSSR count). The minimum absolute atomic E-state index is 0.0963. The predicted molar refractivity (Wildman–Crippen MR) is 180 cm³/mol. The van der Waals surface area contributed by atoms with E-state index >= 15 is 0 Å². The van der Waals surface area contributed by atoms with Gasteiger partial charge < -0.3 is 19.5 Å². The van der Waals surface area contributed by atoms with E-state index in [9.17, 15) is 22.8 Å². The lowest BCUT2D eigenvalue weighted by Gasteiger charge is -2.19. The van der Waals surface area contributed by atoms with Crippen LogP contribution in [0.2, 0.25) is 0 Å². The van der Waals surface area contributed by atoms with Crippen LogP contribution < -0.4 is 15.5 Å². The van der Waals surface area contributed by atoms with Crippen LogP contribution in [-0.2, 0) is 14.3 Å². The number of amidine groups is 1. The number of esters is 1. The number of amides is 1. The lowest BCUT2D eigenvalue weighted by Crippen LogP contribution is -2.36. The number of hydrogen-bond acceptors (Lipinski definition) is 10. The van der Waals surface area contributed by atoms with Gasteiger partial charge in [0, 0.05) is 5.56 Å². The number of rotatable bonds is 10. The van der Waals surface area contributed by atoms with Crippen molar-refractivity contribution in [1.29, 1.82) is 0 Å². The molecule has 0 bridgehead atoms. The normalized spacial score (nSPS) is 12.1. The molecular weight excluding hydrogens is 663 g/mol. The average molecular weight is 698 g/mol. The molecule has 2 N–H and O–H groups in total. The summed E-state index contributed by atoms with van der Waals surface area (Å²) >= 11 is 1.11. The number of hydrogen-bond donors (Lipinski definition) is 2. The van der Waals surface area contributed by atoms with Crippen molar-refractivity contribution in [2.75, 3.05) is 12.5 Å².